The number of hydrogen-bond acceptors (Lipinski definition) is 8. The molecule has 0 fully saturated rings. The quantitative estimate of drug-likeness (QED) is 0.321. The molecule has 0 unspecified atom stereocenters. The lowest BCUT2D eigenvalue weighted by Crippen LogP contribution is -2.11. The molecule has 3 rings (SSSR count). The van der Waals surface area contributed by atoms with Crippen molar-refractivity contribution in [1.82, 2.24) is 4.57 Å². The summed E-state index contributed by atoms with van der Waals surface area (Å²) in [5.41, 5.74) is 0.875. The van der Waals surface area contributed by atoms with Gasteiger partial charge in [0.05, 0.1) is 35.5 Å². The number of carbonyl (C=O) groups excluding carboxylic acids is 2. The molecule has 0 aliphatic carbocycles. The summed E-state index contributed by atoms with van der Waals surface area (Å²) in [6, 6.07) is 10.9. The largest absolute Gasteiger partial charge is 0.465 e. The first-order chi connectivity index (χ1) is 15.2. The average molecular weight is 439 g/mol. The number of aromatic nitrogens is 1. The number of ether oxygens (including phenoxy) is 2. The second kappa shape index (κ2) is 8.68. The number of non-ortho nitro benzene ring substituents is 2. The maximum atomic E-state index is 12.7. The third-order valence-electron chi connectivity index (χ3n) is 4.88. The summed E-state index contributed by atoms with van der Waals surface area (Å²) in [6.45, 7) is 0. The van der Waals surface area contributed by atoms with E-state index in [1.165, 1.54) is 48.5 Å². The molecule has 32 heavy (non-hydrogen) atoms. The van der Waals surface area contributed by atoms with Crippen LogP contribution < -0.4 is 0 Å². The Morgan fingerprint density at radius 1 is 0.719 bits per heavy atom. The van der Waals surface area contributed by atoms with Crippen molar-refractivity contribution in [2.75, 3.05) is 14.2 Å². The Kier molecular flexibility index (Phi) is 6.01. The maximum Gasteiger partial charge on any atom is 0.340 e. The van der Waals surface area contributed by atoms with Gasteiger partial charge in [-0.3, -0.25) is 20.2 Å². The summed E-state index contributed by atoms with van der Waals surface area (Å²) in [6.07, 6.45) is 0. The highest BCUT2D eigenvalue weighted by Gasteiger charge is 2.33. The number of nitrogens with zero attached hydrogens (tertiary/aromatic N) is 3. The van der Waals surface area contributed by atoms with E-state index in [1.807, 2.05) is 0 Å². The lowest BCUT2D eigenvalue weighted by Gasteiger charge is -2.09. The van der Waals surface area contributed by atoms with Gasteiger partial charge in [0.15, 0.2) is 0 Å². The van der Waals surface area contributed by atoms with Crippen molar-refractivity contribution < 1.29 is 28.9 Å². The summed E-state index contributed by atoms with van der Waals surface area (Å²) >= 11 is 0. The summed E-state index contributed by atoms with van der Waals surface area (Å²) in [4.78, 5) is 46.3. The van der Waals surface area contributed by atoms with Crippen molar-refractivity contribution in [1.29, 1.82) is 0 Å². The highest BCUT2D eigenvalue weighted by Crippen LogP contribution is 2.38. The normalized spacial score (nSPS) is 10.5. The van der Waals surface area contributed by atoms with Crippen molar-refractivity contribution in [2.45, 2.75) is 0 Å². The van der Waals surface area contributed by atoms with Crippen molar-refractivity contribution in [3.05, 3.63) is 79.9 Å². The second-order valence-corrected chi connectivity index (χ2v) is 6.60. The molecule has 0 aliphatic rings. The van der Waals surface area contributed by atoms with Crippen LogP contribution in [0.25, 0.3) is 22.5 Å². The molecule has 0 saturated heterocycles. The van der Waals surface area contributed by atoms with E-state index in [9.17, 15) is 29.8 Å². The van der Waals surface area contributed by atoms with Crippen LogP contribution >= 0.6 is 0 Å². The fourth-order valence-electron chi connectivity index (χ4n) is 3.44. The summed E-state index contributed by atoms with van der Waals surface area (Å²) in [7, 11) is 3.90. The van der Waals surface area contributed by atoms with E-state index in [0.717, 1.165) is 14.2 Å². The Morgan fingerprint density at radius 2 is 1.03 bits per heavy atom. The van der Waals surface area contributed by atoms with Gasteiger partial charge in [0.25, 0.3) is 11.4 Å². The van der Waals surface area contributed by atoms with Gasteiger partial charge in [-0.05, 0) is 35.4 Å². The SMILES string of the molecule is COC(=O)c1c(C(=O)OC)c(-c2ccc([N+](=O)[O-])cc2)n(C)c1-c1ccc([N+](=O)[O-])cc1. The number of nitro benzene ring substituents is 2. The monoisotopic (exact) mass is 439 g/mol. The molecule has 1 heterocycles. The van der Waals surface area contributed by atoms with Gasteiger partial charge in [-0.1, -0.05) is 0 Å². The fraction of sp³-hybridized carbons (Fsp3) is 0.143. The number of hydrogen-bond donors (Lipinski definition) is 0. The molecule has 0 amide bonds. The van der Waals surface area contributed by atoms with E-state index >= 15 is 0 Å². The van der Waals surface area contributed by atoms with Crippen LogP contribution in [0.15, 0.2) is 48.5 Å². The zero-order valence-electron chi connectivity index (χ0n) is 17.2. The molecule has 0 bridgehead atoms. The molecule has 0 atom stereocenters. The average Bonchev–Trinajstić information content (AvgIpc) is 3.10. The van der Waals surface area contributed by atoms with Gasteiger partial charge in [-0.2, -0.15) is 0 Å². The van der Waals surface area contributed by atoms with E-state index in [4.69, 9.17) is 9.47 Å². The van der Waals surface area contributed by atoms with E-state index in [2.05, 4.69) is 0 Å². The van der Waals surface area contributed by atoms with Crippen molar-refractivity contribution in [3.8, 4) is 22.5 Å². The van der Waals surface area contributed by atoms with Crippen molar-refractivity contribution in [2.24, 2.45) is 7.05 Å². The standard InChI is InChI=1S/C21H17N3O8/c1-22-18(12-4-8-14(9-5-12)23(27)28)16(20(25)31-2)17(21(26)32-3)19(22)13-6-10-15(11-7-13)24(29)30/h4-11H,1-3H3. The van der Waals surface area contributed by atoms with Crippen LogP contribution in [0, 0.1) is 20.2 Å². The van der Waals surface area contributed by atoms with Gasteiger partial charge in [0, 0.05) is 31.3 Å². The van der Waals surface area contributed by atoms with E-state index < -0.39 is 21.8 Å². The minimum atomic E-state index is -0.817. The first-order valence-corrected chi connectivity index (χ1v) is 9.10. The van der Waals surface area contributed by atoms with E-state index in [-0.39, 0.29) is 33.9 Å². The summed E-state index contributed by atoms with van der Waals surface area (Å²) in [5.74, 6) is -1.63. The molecule has 3 aromatic rings. The smallest absolute Gasteiger partial charge is 0.340 e. The first-order valence-electron chi connectivity index (χ1n) is 9.10. The highest BCUT2D eigenvalue weighted by molar-refractivity contribution is 6.12. The number of rotatable bonds is 6. The summed E-state index contributed by atoms with van der Waals surface area (Å²) in [5, 5.41) is 22.0. The minimum absolute atomic E-state index is 0.0935. The Balaban J connectivity index is 2.36. The zero-order valence-corrected chi connectivity index (χ0v) is 17.2. The number of carbonyl (C=O) groups is 2. The molecule has 164 valence electrons. The lowest BCUT2D eigenvalue weighted by molar-refractivity contribution is -0.385. The molecule has 0 radical (unpaired) electrons. The summed E-state index contributed by atoms with van der Waals surface area (Å²) < 4.78 is 11.3. The third-order valence-corrected chi connectivity index (χ3v) is 4.88. The van der Waals surface area contributed by atoms with Crippen LogP contribution in [0.3, 0.4) is 0 Å². The van der Waals surface area contributed by atoms with Crippen LogP contribution in [-0.2, 0) is 16.5 Å². The van der Waals surface area contributed by atoms with Crippen LogP contribution in [0.1, 0.15) is 20.7 Å². The maximum absolute atomic E-state index is 12.7. The van der Waals surface area contributed by atoms with Crippen molar-refractivity contribution in [3.63, 3.8) is 0 Å². The predicted molar refractivity (Wildman–Crippen MR) is 112 cm³/mol. The van der Waals surface area contributed by atoms with Gasteiger partial charge in [-0.25, -0.2) is 9.59 Å². The lowest BCUT2D eigenvalue weighted by atomic mass is 10.0. The van der Waals surface area contributed by atoms with Crippen LogP contribution in [-0.4, -0.2) is 40.6 Å². The zero-order chi connectivity index (χ0) is 23.6. The van der Waals surface area contributed by atoms with Crippen molar-refractivity contribution >= 4 is 23.3 Å². The molecule has 0 aliphatic heterocycles. The molecular weight excluding hydrogens is 422 g/mol. The number of esters is 2. The number of nitro groups is 2. The van der Waals surface area contributed by atoms with Crippen LogP contribution in [0.5, 0.6) is 0 Å². The second-order valence-electron chi connectivity index (χ2n) is 6.60. The minimum Gasteiger partial charge on any atom is -0.465 e. The predicted octanol–water partition coefficient (Wildman–Crippen LogP) is 3.75. The molecule has 0 N–H and O–H groups in total. The van der Waals surface area contributed by atoms with E-state index in [0.29, 0.717) is 11.1 Å². The fourth-order valence-corrected chi connectivity index (χ4v) is 3.44. The molecule has 2 aromatic carbocycles. The van der Waals surface area contributed by atoms with E-state index in [1.54, 1.807) is 11.6 Å². The highest BCUT2D eigenvalue weighted by atomic mass is 16.6. The topological polar surface area (TPSA) is 144 Å². The molecule has 0 spiro atoms. The molecular formula is C21H17N3O8. The first kappa shape index (κ1) is 22.2. The van der Waals surface area contributed by atoms with Gasteiger partial charge in [0.2, 0.25) is 0 Å². The number of methoxy groups -OCH3 is 2. The van der Waals surface area contributed by atoms with Gasteiger partial charge in [0.1, 0.15) is 11.1 Å². The molecule has 11 heteroatoms. The van der Waals surface area contributed by atoms with Crippen LogP contribution in [0.2, 0.25) is 0 Å². The molecule has 0 saturated carbocycles. The number of benzene rings is 2. The molecule has 1 aromatic heterocycles. The Bertz CT molecular complexity index is 1130. The third kappa shape index (κ3) is 3.78. The Hall–Kier alpha value is -4.54. The van der Waals surface area contributed by atoms with Gasteiger partial charge < -0.3 is 14.0 Å². The Morgan fingerprint density at radius 3 is 1.28 bits per heavy atom. The van der Waals surface area contributed by atoms with Gasteiger partial charge >= 0.3 is 11.9 Å². The molecule has 11 nitrogen and oxygen atoms in total. The van der Waals surface area contributed by atoms with Gasteiger partial charge in [-0.15, -0.1) is 0 Å². The van der Waals surface area contributed by atoms with Crippen LogP contribution in [0.4, 0.5) is 11.4 Å². The Labute approximate surface area is 181 Å².